The molecule has 0 radical (unpaired) electrons. The van der Waals surface area contributed by atoms with Crippen LogP contribution in [0, 0.1) is 0 Å². The van der Waals surface area contributed by atoms with Crippen LogP contribution in [0.3, 0.4) is 0 Å². The third-order valence-corrected chi connectivity index (χ3v) is 6.50. The summed E-state index contributed by atoms with van der Waals surface area (Å²) in [4.78, 5) is 5.15. The third-order valence-electron chi connectivity index (χ3n) is 6.50. The zero-order valence-corrected chi connectivity index (χ0v) is 19.8. The standard InChI is InChI=1S/C29H32N4O/c1-34-28-15-13-25(14-16-28)29-26(23-33(30-29)27-11-6-3-7-12-27)22-32-18-8-17-31(19-20-32)21-24-9-4-2-5-10-24/h2-7,9-16,23H,8,17-22H2,1H3. The van der Waals surface area contributed by atoms with Crippen molar-refractivity contribution >= 4 is 0 Å². The highest BCUT2D eigenvalue weighted by molar-refractivity contribution is 5.64. The second-order valence-electron chi connectivity index (χ2n) is 8.90. The number of hydrogen-bond donors (Lipinski definition) is 0. The molecule has 0 amide bonds. The van der Waals surface area contributed by atoms with Crippen molar-refractivity contribution in [1.82, 2.24) is 19.6 Å². The molecule has 3 aromatic carbocycles. The Morgan fingerprint density at radius 2 is 1.38 bits per heavy atom. The molecule has 0 N–H and O–H groups in total. The molecule has 0 unspecified atom stereocenters. The molecule has 1 fully saturated rings. The van der Waals surface area contributed by atoms with Crippen LogP contribution in [0.4, 0.5) is 0 Å². The quantitative estimate of drug-likeness (QED) is 0.383. The van der Waals surface area contributed by atoms with E-state index in [2.05, 4.69) is 82.7 Å². The predicted molar refractivity (Wildman–Crippen MR) is 137 cm³/mol. The first-order chi connectivity index (χ1) is 16.8. The fourth-order valence-corrected chi connectivity index (χ4v) is 4.65. The molecule has 1 aliphatic rings. The van der Waals surface area contributed by atoms with Crippen LogP contribution in [-0.2, 0) is 13.1 Å². The molecule has 1 aromatic heterocycles. The minimum atomic E-state index is 0.860. The van der Waals surface area contributed by atoms with Gasteiger partial charge < -0.3 is 4.74 Å². The van der Waals surface area contributed by atoms with Gasteiger partial charge in [-0.2, -0.15) is 5.10 Å². The van der Waals surface area contributed by atoms with Gasteiger partial charge in [0.25, 0.3) is 0 Å². The van der Waals surface area contributed by atoms with Crippen LogP contribution in [0.5, 0.6) is 5.75 Å². The van der Waals surface area contributed by atoms with Gasteiger partial charge in [0.05, 0.1) is 18.5 Å². The molecule has 34 heavy (non-hydrogen) atoms. The molecule has 5 rings (SSSR count). The fourth-order valence-electron chi connectivity index (χ4n) is 4.65. The molecule has 174 valence electrons. The number of rotatable bonds is 7. The maximum atomic E-state index is 5.36. The molecule has 5 nitrogen and oxygen atoms in total. The minimum Gasteiger partial charge on any atom is -0.497 e. The largest absolute Gasteiger partial charge is 0.497 e. The van der Waals surface area contributed by atoms with Crippen molar-refractivity contribution in [2.75, 3.05) is 33.3 Å². The van der Waals surface area contributed by atoms with Crippen molar-refractivity contribution in [3.63, 3.8) is 0 Å². The highest BCUT2D eigenvalue weighted by atomic mass is 16.5. The average molecular weight is 453 g/mol. The van der Waals surface area contributed by atoms with Gasteiger partial charge in [0.15, 0.2) is 0 Å². The molecule has 4 aromatic rings. The average Bonchev–Trinajstić information content (AvgIpc) is 3.19. The van der Waals surface area contributed by atoms with Gasteiger partial charge >= 0.3 is 0 Å². The van der Waals surface area contributed by atoms with Gasteiger partial charge in [-0.25, -0.2) is 4.68 Å². The van der Waals surface area contributed by atoms with E-state index in [0.29, 0.717) is 0 Å². The first-order valence-corrected chi connectivity index (χ1v) is 12.1. The van der Waals surface area contributed by atoms with Gasteiger partial charge in [0, 0.05) is 43.5 Å². The molecule has 1 saturated heterocycles. The summed E-state index contributed by atoms with van der Waals surface area (Å²) in [5.74, 6) is 0.860. The summed E-state index contributed by atoms with van der Waals surface area (Å²) in [6, 6.07) is 29.4. The van der Waals surface area contributed by atoms with Gasteiger partial charge in [-0.1, -0.05) is 48.5 Å². The lowest BCUT2D eigenvalue weighted by molar-refractivity contribution is 0.247. The van der Waals surface area contributed by atoms with Gasteiger partial charge in [-0.05, 0) is 61.5 Å². The Bertz CT molecular complexity index is 1170. The zero-order chi connectivity index (χ0) is 23.2. The van der Waals surface area contributed by atoms with E-state index in [-0.39, 0.29) is 0 Å². The van der Waals surface area contributed by atoms with Crippen molar-refractivity contribution in [1.29, 1.82) is 0 Å². The van der Waals surface area contributed by atoms with Gasteiger partial charge in [-0.3, -0.25) is 9.80 Å². The maximum Gasteiger partial charge on any atom is 0.118 e. The van der Waals surface area contributed by atoms with Crippen LogP contribution < -0.4 is 4.74 Å². The van der Waals surface area contributed by atoms with Crippen LogP contribution in [0.15, 0.2) is 91.1 Å². The smallest absolute Gasteiger partial charge is 0.118 e. The Labute approximate surface area is 202 Å². The molecule has 0 spiro atoms. The van der Waals surface area contributed by atoms with E-state index in [0.717, 1.165) is 62.0 Å². The summed E-state index contributed by atoms with van der Waals surface area (Å²) >= 11 is 0. The highest BCUT2D eigenvalue weighted by Crippen LogP contribution is 2.27. The van der Waals surface area contributed by atoms with E-state index in [1.807, 2.05) is 22.9 Å². The molecular formula is C29H32N4O. The SMILES string of the molecule is COc1ccc(-c2nn(-c3ccccc3)cc2CN2CCCN(Cc3ccccc3)CC2)cc1. The fraction of sp³-hybridized carbons (Fsp3) is 0.276. The van der Waals surface area contributed by atoms with E-state index in [1.54, 1.807) is 7.11 Å². The minimum absolute atomic E-state index is 0.860. The van der Waals surface area contributed by atoms with E-state index in [9.17, 15) is 0 Å². The normalized spacial score (nSPS) is 15.2. The number of hydrogen-bond acceptors (Lipinski definition) is 4. The monoisotopic (exact) mass is 452 g/mol. The highest BCUT2D eigenvalue weighted by Gasteiger charge is 2.19. The van der Waals surface area contributed by atoms with Gasteiger partial charge in [0.1, 0.15) is 5.75 Å². The number of benzene rings is 3. The Morgan fingerprint density at radius 3 is 2.06 bits per heavy atom. The topological polar surface area (TPSA) is 33.5 Å². The first kappa shape index (κ1) is 22.4. The van der Waals surface area contributed by atoms with Crippen molar-refractivity contribution in [3.8, 4) is 22.7 Å². The van der Waals surface area contributed by atoms with Crippen molar-refractivity contribution in [2.24, 2.45) is 0 Å². The molecule has 0 aliphatic carbocycles. The van der Waals surface area contributed by atoms with Crippen LogP contribution in [0.25, 0.3) is 16.9 Å². The van der Waals surface area contributed by atoms with E-state index in [4.69, 9.17) is 9.84 Å². The number of aromatic nitrogens is 2. The molecule has 0 saturated carbocycles. The summed E-state index contributed by atoms with van der Waals surface area (Å²) in [5.41, 5.74) is 5.88. The van der Waals surface area contributed by atoms with E-state index >= 15 is 0 Å². The second kappa shape index (κ2) is 10.7. The van der Waals surface area contributed by atoms with Crippen molar-refractivity contribution in [2.45, 2.75) is 19.5 Å². The molecule has 1 aliphatic heterocycles. The van der Waals surface area contributed by atoms with E-state index < -0.39 is 0 Å². The molecular weight excluding hydrogens is 420 g/mol. The number of para-hydroxylation sites is 1. The summed E-state index contributed by atoms with van der Waals surface area (Å²) < 4.78 is 7.37. The lowest BCUT2D eigenvalue weighted by Gasteiger charge is -2.22. The predicted octanol–water partition coefficient (Wildman–Crippen LogP) is 5.26. The Morgan fingerprint density at radius 1 is 0.735 bits per heavy atom. The second-order valence-corrected chi connectivity index (χ2v) is 8.90. The molecule has 0 atom stereocenters. The first-order valence-electron chi connectivity index (χ1n) is 12.1. The Balaban J connectivity index is 1.35. The zero-order valence-electron chi connectivity index (χ0n) is 19.8. The van der Waals surface area contributed by atoms with Crippen molar-refractivity contribution in [3.05, 3.63) is 102 Å². The number of ether oxygens (including phenoxy) is 1. The molecule has 5 heteroatoms. The van der Waals surface area contributed by atoms with Crippen molar-refractivity contribution < 1.29 is 4.74 Å². The van der Waals surface area contributed by atoms with Crippen LogP contribution in [-0.4, -0.2) is 52.9 Å². The lowest BCUT2D eigenvalue weighted by Crippen LogP contribution is -2.30. The van der Waals surface area contributed by atoms with Gasteiger partial charge in [-0.15, -0.1) is 0 Å². The van der Waals surface area contributed by atoms with Crippen LogP contribution in [0.2, 0.25) is 0 Å². The number of methoxy groups -OCH3 is 1. The summed E-state index contributed by atoms with van der Waals surface area (Å²) in [5, 5.41) is 5.00. The summed E-state index contributed by atoms with van der Waals surface area (Å²) in [7, 11) is 1.70. The van der Waals surface area contributed by atoms with Crippen LogP contribution in [0.1, 0.15) is 17.5 Å². The van der Waals surface area contributed by atoms with Crippen LogP contribution >= 0.6 is 0 Å². The maximum absolute atomic E-state index is 5.36. The summed E-state index contributed by atoms with van der Waals surface area (Å²) in [6.45, 7) is 6.31. The van der Waals surface area contributed by atoms with E-state index in [1.165, 1.54) is 17.5 Å². The number of nitrogens with zero attached hydrogens (tertiary/aromatic N) is 4. The third kappa shape index (κ3) is 5.38. The lowest BCUT2D eigenvalue weighted by atomic mass is 10.1. The molecule has 2 heterocycles. The van der Waals surface area contributed by atoms with Gasteiger partial charge in [0.2, 0.25) is 0 Å². The summed E-state index contributed by atoms with van der Waals surface area (Å²) in [6.07, 6.45) is 3.37. The Hall–Kier alpha value is -3.41. The Kier molecular flexibility index (Phi) is 7.03. The molecule has 0 bridgehead atoms.